The quantitative estimate of drug-likeness (QED) is 0.209. The van der Waals surface area contributed by atoms with E-state index in [0.29, 0.717) is 28.0 Å². The maximum Gasteiger partial charge on any atom is 0.416 e. The zero-order chi connectivity index (χ0) is 28.2. The van der Waals surface area contributed by atoms with Gasteiger partial charge in [0.15, 0.2) is 0 Å². The Balaban J connectivity index is 1.34. The van der Waals surface area contributed by atoms with E-state index in [1.807, 2.05) is 0 Å². The number of thioether (sulfide) groups is 1. The van der Waals surface area contributed by atoms with Crippen molar-refractivity contribution in [3.05, 3.63) is 105 Å². The predicted molar refractivity (Wildman–Crippen MR) is 137 cm³/mol. The number of benzene rings is 3. The number of ether oxygens (including phenoxy) is 1. The Hall–Kier alpha value is -4.65. The second-order valence-corrected chi connectivity index (χ2v) is 9.17. The molecule has 3 amide bonds. The number of imide groups is 1. The third-order valence-electron chi connectivity index (χ3n) is 5.38. The maximum atomic E-state index is 12.9. The molecule has 1 heterocycles. The van der Waals surface area contributed by atoms with Crippen LogP contribution >= 0.6 is 11.8 Å². The minimum atomic E-state index is -4.59. The summed E-state index contributed by atoms with van der Waals surface area (Å²) < 4.78 is 44.3. The molecule has 39 heavy (non-hydrogen) atoms. The smallest absolute Gasteiger partial charge is 0.416 e. The molecule has 0 atom stereocenters. The van der Waals surface area contributed by atoms with Crippen molar-refractivity contribution < 1.29 is 37.2 Å². The number of non-ortho nitro benzene ring substituents is 1. The first-order chi connectivity index (χ1) is 18.5. The van der Waals surface area contributed by atoms with Crippen LogP contribution in [0, 0.1) is 10.1 Å². The summed E-state index contributed by atoms with van der Waals surface area (Å²) in [7, 11) is 0. The largest absolute Gasteiger partial charge is 0.489 e. The zero-order valence-electron chi connectivity index (χ0n) is 19.8. The second-order valence-electron chi connectivity index (χ2n) is 8.18. The molecule has 0 aliphatic carbocycles. The van der Waals surface area contributed by atoms with Gasteiger partial charge in [0, 0.05) is 17.8 Å². The number of carbonyl (C=O) groups excluding carboxylic acids is 3. The van der Waals surface area contributed by atoms with Crippen molar-refractivity contribution in [2.24, 2.45) is 0 Å². The zero-order valence-corrected chi connectivity index (χ0v) is 20.6. The number of amides is 3. The normalized spacial score (nSPS) is 14.5. The first-order valence-corrected chi connectivity index (χ1v) is 12.0. The van der Waals surface area contributed by atoms with Crippen LogP contribution in [0.25, 0.3) is 6.08 Å². The number of anilines is 1. The summed E-state index contributed by atoms with van der Waals surface area (Å²) in [5.74, 6) is -1.03. The number of nitrogens with one attached hydrogen (secondary N) is 1. The lowest BCUT2D eigenvalue weighted by Crippen LogP contribution is -2.36. The topological polar surface area (TPSA) is 119 Å². The van der Waals surface area contributed by atoms with E-state index >= 15 is 0 Å². The Bertz CT molecular complexity index is 1460. The lowest BCUT2D eigenvalue weighted by molar-refractivity contribution is -0.384. The van der Waals surface area contributed by atoms with E-state index in [4.69, 9.17) is 4.74 Å². The number of rotatable bonds is 8. The van der Waals surface area contributed by atoms with E-state index in [2.05, 4.69) is 5.32 Å². The van der Waals surface area contributed by atoms with Crippen molar-refractivity contribution in [1.29, 1.82) is 0 Å². The average Bonchev–Trinajstić information content (AvgIpc) is 3.15. The molecule has 1 aliphatic heterocycles. The van der Waals surface area contributed by atoms with Crippen LogP contribution in [-0.4, -0.2) is 33.4 Å². The van der Waals surface area contributed by atoms with Crippen molar-refractivity contribution in [3.8, 4) is 5.75 Å². The van der Waals surface area contributed by atoms with Gasteiger partial charge >= 0.3 is 6.18 Å². The number of halogens is 3. The highest BCUT2D eigenvalue weighted by atomic mass is 32.2. The van der Waals surface area contributed by atoms with Gasteiger partial charge in [0.2, 0.25) is 5.91 Å². The maximum absolute atomic E-state index is 12.9. The summed E-state index contributed by atoms with van der Waals surface area (Å²) in [4.78, 5) is 48.4. The molecule has 0 spiro atoms. The van der Waals surface area contributed by atoms with Gasteiger partial charge < -0.3 is 10.1 Å². The molecule has 0 saturated carbocycles. The van der Waals surface area contributed by atoms with Crippen LogP contribution in [0.5, 0.6) is 5.75 Å². The molecular formula is C26H18F3N3O6S. The summed E-state index contributed by atoms with van der Waals surface area (Å²) in [6, 6.07) is 16.5. The number of hydrogen-bond acceptors (Lipinski definition) is 7. The molecule has 3 aromatic carbocycles. The van der Waals surface area contributed by atoms with Crippen LogP contribution < -0.4 is 10.1 Å². The SMILES string of the molecule is O=C(CN1C(=O)S/C(=C\c2ccc(OCc3ccc([N+](=O)[O-])cc3)cc2)C1=O)Nc1cccc(C(F)(F)F)c1. The average molecular weight is 558 g/mol. The van der Waals surface area contributed by atoms with Gasteiger partial charge in [0.25, 0.3) is 16.8 Å². The number of carbonyl (C=O) groups is 3. The van der Waals surface area contributed by atoms with E-state index in [0.717, 1.165) is 23.8 Å². The van der Waals surface area contributed by atoms with E-state index in [-0.39, 0.29) is 22.9 Å². The van der Waals surface area contributed by atoms with Gasteiger partial charge in [-0.05, 0) is 71.4 Å². The molecule has 3 aromatic rings. The lowest BCUT2D eigenvalue weighted by Gasteiger charge is -2.13. The van der Waals surface area contributed by atoms with Crippen molar-refractivity contribution in [2.75, 3.05) is 11.9 Å². The molecule has 200 valence electrons. The minimum Gasteiger partial charge on any atom is -0.489 e. The van der Waals surface area contributed by atoms with Crippen LogP contribution in [0.3, 0.4) is 0 Å². The summed E-state index contributed by atoms with van der Waals surface area (Å²) >= 11 is 0.636. The molecule has 1 N–H and O–H groups in total. The number of nitrogens with zero attached hydrogens (tertiary/aromatic N) is 2. The van der Waals surface area contributed by atoms with Crippen molar-refractivity contribution in [2.45, 2.75) is 12.8 Å². The van der Waals surface area contributed by atoms with Crippen LogP contribution in [0.2, 0.25) is 0 Å². The Morgan fingerprint density at radius 3 is 2.38 bits per heavy atom. The first-order valence-electron chi connectivity index (χ1n) is 11.2. The van der Waals surface area contributed by atoms with Gasteiger partial charge in [0.1, 0.15) is 18.9 Å². The predicted octanol–water partition coefficient (Wildman–Crippen LogP) is 5.87. The van der Waals surface area contributed by atoms with Crippen molar-refractivity contribution in [3.63, 3.8) is 0 Å². The fourth-order valence-corrected chi connectivity index (χ4v) is 4.28. The highest BCUT2D eigenvalue weighted by Gasteiger charge is 2.36. The minimum absolute atomic E-state index is 0.0242. The van der Waals surface area contributed by atoms with E-state index in [1.165, 1.54) is 24.3 Å². The van der Waals surface area contributed by atoms with E-state index in [1.54, 1.807) is 36.4 Å². The standard InChI is InChI=1S/C26H18F3N3O6S/c27-26(28,29)18-2-1-3-19(13-18)30-23(33)14-31-24(34)22(39-25(31)35)12-16-6-10-21(11-7-16)38-15-17-4-8-20(9-5-17)32(36)37/h1-13H,14-15H2,(H,30,33)/b22-12-. The highest BCUT2D eigenvalue weighted by molar-refractivity contribution is 8.18. The molecule has 0 aromatic heterocycles. The number of hydrogen-bond donors (Lipinski definition) is 1. The molecular weight excluding hydrogens is 539 g/mol. The molecule has 0 bridgehead atoms. The molecule has 0 radical (unpaired) electrons. The molecule has 1 fully saturated rings. The number of nitro groups is 1. The van der Waals surface area contributed by atoms with Crippen LogP contribution in [0.15, 0.2) is 77.7 Å². The number of nitro benzene ring substituents is 1. The Morgan fingerprint density at radius 1 is 1.05 bits per heavy atom. The molecule has 1 saturated heterocycles. The van der Waals surface area contributed by atoms with E-state index in [9.17, 15) is 37.7 Å². The summed E-state index contributed by atoms with van der Waals surface area (Å²) in [5, 5.41) is 12.3. The third-order valence-corrected chi connectivity index (χ3v) is 6.29. The fourth-order valence-electron chi connectivity index (χ4n) is 3.45. The first kappa shape index (κ1) is 27.4. The second kappa shape index (κ2) is 11.4. The fraction of sp³-hybridized carbons (Fsp3) is 0.115. The van der Waals surface area contributed by atoms with Gasteiger partial charge in [-0.2, -0.15) is 13.2 Å². The van der Waals surface area contributed by atoms with E-state index < -0.39 is 40.3 Å². The van der Waals surface area contributed by atoms with Crippen molar-refractivity contribution >= 4 is 46.3 Å². The molecule has 9 nitrogen and oxygen atoms in total. The number of alkyl halides is 3. The Morgan fingerprint density at radius 2 is 1.74 bits per heavy atom. The third kappa shape index (κ3) is 7.02. The summed E-state index contributed by atoms with van der Waals surface area (Å²) in [6.07, 6.45) is -3.12. The monoisotopic (exact) mass is 557 g/mol. The molecule has 13 heteroatoms. The highest BCUT2D eigenvalue weighted by Crippen LogP contribution is 2.33. The van der Waals surface area contributed by atoms with Gasteiger partial charge in [-0.15, -0.1) is 0 Å². The summed E-state index contributed by atoms with van der Waals surface area (Å²) in [5.41, 5.74) is 0.223. The van der Waals surface area contributed by atoms with Gasteiger partial charge in [-0.1, -0.05) is 18.2 Å². The van der Waals surface area contributed by atoms with Gasteiger partial charge in [-0.3, -0.25) is 29.4 Å². The van der Waals surface area contributed by atoms with Crippen molar-refractivity contribution in [1.82, 2.24) is 4.90 Å². The molecule has 0 unspecified atom stereocenters. The van der Waals surface area contributed by atoms with Gasteiger partial charge in [-0.25, -0.2) is 0 Å². The van der Waals surface area contributed by atoms with Gasteiger partial charge in [0.05, 0.1) is 15.4 Å². The van der Waals surface area contributed by atoms with Crippen LogP contribution in [0.1, 0.15) is 16.7 Å². The Labute approximate surface area is 223 Å². The Kier molecular flexibility index (Phi) is 8.00. The molecule has 4 rings (SSSR count). The molecule has 1 aliphatic rings. The lowest BCUT2D eigenvalue weighted by atomic mass is 10.2. The van der Waals surface area contributed by atoms with Crippen LogP contribution in [-0.2, 0) is 22.4 Å². The summed E-state index contributed by atoms with van der Waals surface area (Å²) in [6.45, 7) is -0.480. The van der Waals surface area contributed by atoms with Crippen LogP contribution in [0.4, 0.5) is 29.3 Å².